The average molecular weight is 241 g/mol. The van der Waals surface area contributed by atoms with E-state index in [0.29, 0.717) is 12.3 Å². The normalized spacial score (nSPS) is 12.2. The van der Waals surface area contributed by atoms with E-state index < -0.39 is 0 Å². The maximum atomic E-state index is 10.7. The number of carbonyl (C=O) groups excluding carboxylic acids is 1. The van der Waals surface area contributed by atoms with E-state index in [1.807, 2.05) is 19.1 Å². The molecule has 1 atom stereocenters. The number of halogens is 1. The third-order valence-corrected chi connectivity index (χ3v) is 2.95. The van der Waals surface area contributed by atoms with Crippen molar-refractivity contribution in [2.75, 3.05) is 7.11 Å². The van der Waals surface area contributed by atoms with Gasteiger partial charge in [0, 0.05) is 6.42 Å². The van der Waals surface area contributed by atoms with Crippen molar-refractivity contribution in [3.8, 4) is 5.75 Å². The summed E-state index contributed by atoms with van der Waals surface area (Å²) in [6.45, 7) is 4.11. The predicted octanol–water partition coefficient (Wildman–Crippen LogP) is 3.65. The molecule has 3 heteroatoms. The van der Waals surface area contributed by atoms with Crippen LogP contribution in [0.15, 0.2) is 18.2 Å². The zero-order chi connectivity index (χ0) is 12.1. The molecule has 0 aliphatic rings. The van der Waals surface area contributed by atoms with Gasteiger partial charge in [-0.2, -0.15) is 0 Å². The van der Waals surface area contributed by atoms with Gasteiger partial charge in [0.15, 0.2) is 0 Å². The number of benzene rings is 1. The second kappa shape index (κ2) is 5.90. The molecule has 0 heterocycles. The quantitative estimate of drug-likeness (QED) is 0.735. The van der Waals surface area contributed by atoms with Crippen LogP contribution in [0.4, 0.5) is 0 Å². The van der Waals surface area contributed by atoms with Crippen LogP contribution in [0.2, 0.25) is 0 Å². The van der Waals surface area contributed by atoms with Gasteiger partial charge in [-0.05, 0) is 48.1 Å². The molecule has 0 fully saturated rings. The Bertz CT molecular complexity index is 374. The molecule has 0 saturated carbocycles. The molecule has 0 aliphatic carbocycles. The molecule has 0 bridgehead atoms. The van der Waals surface area contributed by atoms with Crippen LogP contribution < -0.4 is 4.74 Å². The minimum absolute atomic E-state index is 0.267. The second-order valence-corrected chi connectivity index (χ2v) is 4.45. The zero-order valence-electron chi connectivity index (χ0n) is 9.92. The first-order chi connectivity index (χ1) is 7.54. The van der Waals surface area contributed by atoms with Crippen LogP contribution in [0, 0.1) is 6.92 Å². The maximum Gasteiger partial charge on any atom is 0.221 e. The van der Waals surface area contributed by atoms with Gasteiger partial charge in [-0.25, -0.2) is 0 Å². The van der Waals surface area contributed by atoms with Crippen LogP contribution >= 0.6 is 11.6 Å². The van der Waals surface area contributed by atoms with Crippen molar-refractivity contribution in [2.24, 2.45) is 0 Å². The third kappa shape index (κ3) is 3.53. The minimum atomic E-state index is -0.267. The van der Waals surface area contributed by atoms with Crippen molar-refractivity contribution in [2.45, 2.75) is 32.6 Å². The molecule has 0 aromatic heterocycles. The number of aryl methyl sites for hydroxylation is 1. The highest BCUT2D eigenvalue weighted by Crippen LogP contribution is 2.26. The lowest BCUT2D eigenvalue weighted by molar-refractivity contribution is -0.111. The molecule has 88 valence electrons. The van der Waals surface area contributed by atoms with Gasteiger partial charge in [-0.1, -0.05) is 19.1 Å². The summed E-state index contributed by atoms with van der Waals surface area (Å²) >= 11 is 5.33. The van der Waals surface area contributed by atoms with Gasteiger partial charge in [0.05, 0.1) is 7.11 Å². The molecule has 0 radical (unpaired) electrons. The Balaban J connectivity index is 2.72. The molecule has 0 aliphatic heterocycles. The Morgan fingerprint density at radius 2 is 2.19 bits per heavy atom. The van der Waals surface area contributed by atoms with Crippen LogP contribution in [-0.4, -0.2) is 12.4 Å². The summed E-state index contributed by atoms with van der Waals surface area (Å²) in [6.07, 6.45) is 1.21. The second-order valence-electron chi connectivity index (χ2n) is 4.02. The molecule has 2 nitrogen and oxygen atoms in total. The van der Waals surface area contributed by atoms with Gasteiger partial charge in [-0.3, -0.25) is 4.79 Å². The first-order valence-corrected chi connectivity index (χ1v) is 5.75. The minimum Gasteiger partial charge on any atom is -0.496 e. The fraction of sp³-hybridized carbons (Fsp3) is 0.462. The summed E-state index contributed by atoms with van der Waals surface area (Å²) < 4.78 is 5.20. The van der Waals surface area contributed by atoms with E-state index in [-0.39, 0.29) is 5.24 Å². The third-order valence-electron chi connectivity index (χ3n) is 2.76. The Kier molecular flexibility index (Phi) is 4.81. The van der Waals surface area contributed by atoms with Gasteiger partial charge in [0.25, 0.3) is 0 Å². The highest BCUT2D eigenvalue weighted by molar-refractivity contribution is 6.63. The van der Waals surface area contributed by atoms with E-state index in [1.165, 1.54) is 5.56 Å². The van der Waals surface area contributed by atoms with Crippen LogP contribution in [-0.2, 0) is 4.79 Å². The number of methoxy groups -OCH3 is 1. The molecule has 1 aromatic rings. The lowest BCUT2D eigenvalue weighted by Crippen LogP contribution is -1.98. The molecule has 1 unspecified atom stereocenters. The average Bonchev–Trinajstić information content (AvgIpc) is 2.25. The van der Waals surface area contributed by atoms with Crippen LogP contribution in [0.25, 0.3) is 0 Å². The van der Waals surface area contributed by atoms with Crippen molar-refractivity contribution in [1.82, 2.24) is 0 Å². The van der Waals surface area contributed by atoms with Crippen molar-refractivity contribution < 1.29 is 9.53 Å². The first-order valence-electron chi connectivity index (χ1n) is 5.37. The molecule has 1 rings (SSSR count). The number of ether oxygens (including phenoxy) is 1. The van der Waals surface area contributed by atoms with Crippen molar-refractivity contribution in [3.05, 3.63) is 29.3 Å². The van der Waals surface area contributed by atoms with Gasteiger partial charge >= 0.3 is 0 Å². The zero-order valence-corrected chi connectivity index (χ0v) is 10.7. The van der Waals surface area contributed by atoms with Crippen molar-refractivity contribution >= 4 is 16.8 Å². The standard InChI is InChI=1S/C13H17ClO2/c1-9(4-7-13(14)15)11-5-6-12(16-3)10(2)8-11/h5-6,8-9H,4,7H2,1-3H3. The SMILES string of the molecule is COc1ccc(C(C)CCC(=O)Cl)cc1C. The molecule has 16 heavy (non-hydrogen) atoms. The van der Waals surface area contributed by atoms with Crippen molar-refractivity contribution in [3.63, 3.8) is 0 Å². The van der Waals surface area contributed by atoms with E-state index >= 15 is 0 Å². The lowest BCUT2D eigenvalue weighted by atomic mass is 9.95. The van der Waals surface area contributed by atoms with Crippen molar-refractivity contribution in [1.29, 1.82) is 0 Å². The molecule has 1 aromatic carbocycles. The number of rotatable bonds is 5. The molecule has 0 N–H and O–H groups in total. The molecule has 0 amide bonds. The summed E-state index contributed by atoms with van der Waals surface area (Å²) in [6, 6.07) is 6.10. The Labute approximate surface area is 102 Å². The summed E-state index contributed by atoms with van der Waals surface area (Å²) in [5.41, 5.74) is 2.33. The lowest BCUT2D eigenvalue weighted by Gasteiger charge is -2.13. The summed E-state index contributed by atoms with van der Waals surface area (Å²) in [5, 5.41) is -0.267. The highest BCUT2D eigenvalue weighted by Gasteiger charge is 2.09. The van der Waals surface area contributed by atoms with Crippen LogP contribution in [0.3, 0.4) is 0 Å². The Morgan fingerprint density at radius 3 is 2.69 bits per heavy atom. The van der Waals surface area contributed by atoms with Gasteiger partial charge in [-0.15, -0.1) is 0 Å². The Morgan fingerprint density at radius 1 is 1.50 bits per heavy atom. The number of hydrogen-bond acceptors (Lipinski definition) is 2. The molecular formula is C13H17ClO2. The maximum absolute atomic E-state index is 10.7. The van der Waals surface area contributed by atoms with Gasteiger partial charge in [0.2, 0.25) is 5.24 Å². The topological polar surface area (TPSA) is 26.3 Å². The van der Waals surface area contributed by atoms with E-state index in [0.717, 1.165) is 17.7 Å². The van der Waals surface area contributed by atoms with Crippen LogP contribution in [0.5, 0.6) is 5.75 Å². The molecular weight excluding hydrogens is 224 g/mol. The predicted molar refractivity (Wildman–Crippen MR) is 66.2 cm³/mol. The fourth-order valence-electron chi connectivity index (χ4n) is 1.70. The van der Waals surface area contributed by atoms with E-state index in [9.17, 15) is 4.79 Å². The highest BCUT2D eigenvalue weighted by atomic mass is 35.5. The fourth-order valence-corrected chi connectivity index (χ4v) is 1.81. The Hall–Kier alpha value is -1.02. The first kappa shape index (κ1) is 13.0. The molecule has 0 spiro atoms. The largest absolute Gasteiger partial charge is 0.496 e. The van der Waals surface area contributed by atoms with E-state index in [1.54, 1.807) is 7.11 Å². The number of carbonyl (C=O) groups is 1. The van der Waals surface area contributed by atoms with Crippen LogP contribution in [0.1, 0.15) is 36.8 Å². The summed E-state index contributed by atoms with van der Waals surface area (Å²) in [4.78, 5) is 10.7. The molecule has 0 saturated heterocycles. The smallest absolute Gasteiger partial charge is 0.221 e. The summed E-state index contributed by atoms with van der Waals surface area (Å²) in [5.74, 6) is 1.23. The van der Waals surface area contributed by atoms with E-state index in [4.69, 9.17) is 16.3 Å². The number of hydrogen-bond donors (Lipinski definition) is 0. The van der Waals surface area contributed by atoms with E-state index in [2.05, 4.69) is 13.0 Å². The monoisotopic (exact) mass is 240 g/mol. The summed E-state index contributed by atoms with van der Waals surface area (Å²) in [7, 11) is 1.66. The van der Waals surface area contributed by atoms with Gasteiger partial charge in [0.1, 0.15) is 5.75 Å². The van der Waals surface area contributed by atoms with Gasteiger partial charge < -0.3 is 4.74 Å².